The minimum absolute atomic E-state index is 0.0296. The van der Waals surface area contributed by atoms with Crippen molar-refractivity contribution in [2.75, 3.05) is 5.73 Å². The van der Waals surface area contributed by atoms with Crippen molar-refractivity contribution in [3.8, 4) is 17.6 Å². The summed E-state index contributed by atoms with van der Waals surface area (Å²) in [5.41, 5.74) is 7.21. The maximum absolute atomic E-state index is 13.6. The van der Waals surface area contributed by atoms with Crippen molar-refractivity contribution in [3.63, 3.8) is 0 Å². The summed E-state index contributed by atoms with van der Waals surface area (Å²) in [6.07, 6.45) is 1.68. The molecule has 0 amide bonds. The predicted octanol–water partition coefficient (Wildman–Crippen LogP) is 3.62. The minimum atomic E-state index is -0.629. The van der Waals surface area contributed by atoms with E-state index in [4.69, 9.17) is 15.7 Å². The van der Waals surface area contributed by atoms with Crippen molar-refractivity contribution in [1.82, 2.24) is 4.98 Å². The van der Waals surface area contributed by atoms with Crippen LogP contribution in [0.5, 0.6) is 11.5 Å². The second kappa shape index (κ2) is 5.10. The Balaban J connectivity index is 2.00. The standard InChI is InChI=1S/C16H10FN3O/c17-13-8-11(4-3-10(13)9-18)21-15-6-5-14-12(16(15)19)2-1-7-20-14/h1-8H,19H2. The Morgan fingerprint density at radius 3 is 2.81 bits per heavy atom. The summed E-state index contributed by atoms with van der Waals surface area (Å²) < 4.78 is 19.2. The highest BCUT2D eigenvalue weighted by atomic mass is 19.1. The molecule has 5 heteroatoms. The van der Waals surface area contributed by atoms with Crippen molar-refractivity contribution in [3.05, 3.63) is 60.0 Å². The van der Waals surface area contributed by atoms with Gasteiger partial charge in [0.1, 0.15) is 17.6 Å². The molecule has 21 heavy (non-hydrogen) atoms. The zero-order valence-electron chi connectivity index (χ0n) is 10.9. The summed E-state index contributed by atoms with van der Waals surface area (Å²) in [6, 6.07) is 12.9. The highest BCUT2D eigenvalue weighted by Gasteiger charge is 2.09. The van der Waals surface area contributed by atoms with E-state index in [0.29, 0.717) is 11.4 Å². The molecule has 0 aliphatic rings. The lowest BCUT2D eigenvalue weighted by atomic mass is 10.1. The maximum atomic E-state index is 13.6. The molecular formula is C16H10FN3O. The molecule has 4 nitrogen and oxygen atoms in total. The third-order valence-electron chi connectivity index (χ3n) is 3.08. The van der Waals surface area contributed by atoms with Gasteiger partial charge >= 0.3 is 0 Å². The predicted molar refractivity (Wildman–Crippen MR) is 77.3 cm³/mol. The smallest absolute Gasteiger partial charge is 0.151 e. The molecule has 0 radical (unpaired) electrons. The van der Waals surface area contributed by atoms with E-state index in [1.807, 2.05) is 6.07 Å². The largest absolute Gasteiger partial charge is 0.455 e. The van der Waals surface area contributed by atoms with Crippen LogP contribution in [0.3, 0.4) is 0 Å². The lowest BCUT2D eigenvalue weighted by Crippen LogP contribution is -1.95. The number of fused-ring (bicyclic) bond motifs is 1. The molecular weight excluding hydrogens is 269 g/mol. The van der Waals surface area contributed by atoms with Gasteiger partial charge in [-0.3, -0.25) is 4.98 Å². The molecule has 2 aromatic carbocycles. The maximum Gasteiger partial charge on any atom is 0.151 e. The number of ether oxygens (including phenoxy) is 1. The van der Waals surface area contributed by atoms with E-state index in [2.05, 4.69) is 4.98 Å². The van der Waals surface area contributed by atoms with Crippen molar-refractivity contribution in [2.24, 2.45) is 0 Å². The fourth-order valence-corrected chi connectivity index (χ4v) is 2.02. The van der Waals surface area contributed by atoms with Crippen LogP contribution in [0.15, 0.2) is 48.7 Å². The number of benzene rings is 2. The number of rotatable bonds is 2. The zero-order valence-corrected chi connectivity index (χ0v) is 10.9. The van der Waals surface area contributed by atoms with Gasteiger partial charge in [-0.15, -0.1) is 0 Å². The topological polar surface area (TPSA) is 71.9 Å². The quantitative estimate of drug-likeness (QED) is 0.727. The van der Waals surface area contributed by atoms with Crippen LogP contribution in [0, 0.1) is 17.1 Å². The Morgan fingerprint density at radius 2 is 2.05 bits per heavy atom. The van der Waals surface area contributed by atoms with Crippen LogP contribution >= 0.6 is 0 Å². The summed E-state index contributed by atoms with van der Waals surface area (Å²) in [5, 5.41) is 9.47. The molecule has 0 bridgehead atoms. The molecule has 0 aliphatic carbocycles. The number of nitrogen functional groups attached to an aromatic ring is 1. The molecule has 1 heterocycles. The number of pyridine rings is 1. The molecule has 0 unspecified atom stereocenters. The van der Waals surface area contributed by atoms with Crippen LogP contribution in [-0.4, -0.2) is 4.98 Å². The Morgan fingerprint density at radius 1 is 1.19 bits per heavy atom. The Hall–Kier alpha value is -3.13. The third-order valence-corrected chi connectivity index (χ3v) is 3.08. The van der Waals surface area contributed by atoms with E-state index in [9.17, 15) is 4.39 Å². The second-order valence-electron chi connectivity index (χ2n) is 4.40. The molecule has 0 fully saturated rings. The summed E-state index contributed by atoms with van der Waals surface area (Å²) in [4.78, 5) is 4.20. The van der Waals surface area contributed by atoms with Crippen molar-refractivity contribution in [1.29, 1.82) is 5.26 Å². The average Bonchev–Trinajstić information content (AvgIpc) is 2.51. The van der Waals surface area contributed by atoms with Gasteiger partial charge in [0.05, 0.1) is 16.8 Å². The van der Waals surface area contributed by atoms with Gasteiger partial charge in [0.25, 0.3) is 0 Å². The molecule has 0 saturated carbocycles. The summed E-state index contributed by atoms with van der Waals surface area (Å²) in [7, 11) is 0. The Kier molecular flexibility index (Phi) is 3.13. The molecule has 3 aromatic rings. The third kappa shape index (κ3) is 2.35. The van der Waals surface area contributed by atoms with E-state index in [-0.39, 0.29) is 11.3 Å². The van der Waals surface area contributed by atoms with Crippen molar-refractivity contribution >= 4 is 16.6 Å². The van der Waals surface area contributed by atoms with Gasteiger partial charge in [-0.05, 0) is 36.4 Å². The van der Waals surface area contributed by atoms with Gasteiger partial charge in [-0.25, -0.2) is 4.39 Å². The second-order valence-corrected chi connectivity index (χ2v) is 4.40. The fraction of sp³-hybridized carbons (Fsp3) is 0. The Labute approximate surface area is 120 Å². The highest BCUT2D eigenvalue weighted by molar-refractivity contribution is 5.93. The molecule has 102 valence electrons. The first kappa shape index (κ1) is 12.9. The van der Waals surface area contributed by atoms with Crippen molar-refractivity contribution < 1.29 is 9.13 Å². The molecule has 0 spiro atoms. The molecule has 2 N–H and O–H groups in total. The molecule has 1 aromatic heterocycles. The lowest BCUT2D eigenvalue weighted by molar-refractivity contribution is 0.479. The number of aromatic nitrogens is 1. The van der Waals surface area contributed by atoms with Crippen LogP contribution in [-0.2, 0) is 0 Å². The van der Waals surface area contributed by atoms with Gasteiger partial charge < -0.3 is 10.5 Å². The van der Waals surface area contributed by atoms with E-state index in [1.54, 1.807) is 30.5 Å². The minimum Gasteiger partial charge on any atom is -0.455 e. The zero-order chi connectivity index (χ0) is 14.8. The van der Waals surface area contributed by atoms with E-state index in [0.717, 1.165) is 17.0 Å². The summed E-state index contributed by atoms with van der Waals surface area (Å²) >= 11 is 0. The summed E-state index contributed by atoms with van der Waals surface area (Å²) in [5.74, 6) is 0.0667. The first-order valence-corrected chi connectivity index (χ1v) is 6.20. The van der Waals surface area contributed by atoms with Gasteiger partial charge in [0, 0.05) is 17.6 Å². The van der Waals surface area contributed by atoms with Crippen LogP contribution in [0.2, 0.25) is 0 Å². The number of nitrogens with two attached hydrogens (primary N) is 1. The highest BCUT2D eigenvalue weighted by Crippen LogP contribution is 2.33. The summed E-state index contributed by atoms with van der Waals surface area (Å²) in [6.45, 7) is 0. The first-order valence-electron chi connectivity index (χ1n) is 6.20. The lowest BCUT2D eigenvalue weighted by Gasteiger charge is -2.10. The van der Waals surface area contributed by atoms with Crippen LogP contribution in [0.1, 0.15) is 5.56 Å². The number of nitriles is 1. The van der Waals surface area contributed by atoms with Gasteiger partial charge in [-0.1, -0.05) is 0 Å². The van der Waals surface area contributed by atoms with Crippen LogP contribution < -0.4 is 10.5 Å². The van der Waals surface area contributed by atoms with Crippen LogP contribution in [0.4, 0.5) is 10.1 Å². The van der Waals surface area contributed by atoms with Crippen molar-refractivity contribution in [2.45, 2.75) is 0 Å². The van der Waals surface area contributed by atoms with Gasteiger partial charge in [0.15, 0.2) is 5.75 Å². The Bertz CT molecular complexity index is 871. The molecule has 0 aliphatic heterocycles. The molecule has 0 saturated heterocycles. The van der Waals surface area contributed by atoms with Crippen LogP contribution in [0.25, 0.3) is 10.9 Å². The molecule has 0 atom stereocenters. The normalized spacial score (nSPS) is 10.3. The number of anilines is 1. The number of nitrogens with zero attached hydrogens (tertiary/aromatic N) is 2. The number of halogens is 1. The SMILES string of the molecule is N#Cc1ccc(Oc2ccc3ncccc3c2N)cc1F. The van der Waals surface area contributed by atoms with E-state index < -0.39 is 5.82 Å². The average molecular weight is 279 g/mol. The first-order chi connectivity index (χ1) is 10.2. The van der Waals surface area contributed by atoms with E-state index in [1.165, 1.54) is 12.1 Å². The molecule has 3 rings (SSSR count). The number of hydrogen-bond acceptors (Lipinski definition) is 4. The van der Waals surface area contributed by atoms with Gasteiger partial charge in [-0.2, -0.15) is 5.26 Å². The number of hydrogen-bond donors (Lipinski definition) is 1. The van der Waals surface area contributed by atoms with E-state index >= 15 is 0 Å². The van der Waals surface area contributed by atoms with Gasteiger partial charge in [0.2, 0.25) is 0 Å². The monoisotopic (exact) mass is 279 g/mol. The fourth-order valence-electron chi connectivity index (χ4n) is 2.02.